The number of halogens is 3. The van der Waals surface area contributed by atoms with Gasteiger partial charge in [-0.05, 0) is 77.1 Å². The molecule has 0 aliphatic heterocycles. The smallest absolute Gasteiger partial charge is 0.364 e. The summed E-state index contributed by atoms with van der Waals surface area (Å²) in [7, 11) is -2.93. The second-order valence-corrected chi connectivity index (χ2v) is 20.8. The standard InChI is InChI=1S/C27H45F3N4O3SSi/c1-25(2,3)38(35)33-21(16-37-26(4,5)27(28,29)30)24-32-20-12-11-19(23(31)18-9-10-18)15-22(20)34(24)17-36-13-14-39(6,7)8/h11-12,15,18,21,23,33H,9-10,13-14,16-17,31H2,1-8H3/t21-,23-,38?/m1/s1. The van der Waals surface area contributed by atoms with Gasteiger partial charge in [-0.2, -0.15) is 13.2 Å². The fraction of sp³-hybridized carbons (Fsp3) is 0.741. The van der Waals surface area contributed by atoms with E-state index in [0.29, 0.717) is 23.9 Å². The Hall–Kier alpha value is -1.31. The number of nitrogens with two attached hydrogens (primary N) is 1. The van der Waals surface area contributed by atoms with Crippen LogP contribution >= 0.6 is 0 Å². The highest BCUT2D eigenvalue weighted by Gasteiger charge is 2.49. The van der Waals surface area contributed by atoms with Crippen molar-refractivity contribution in [2.45, 2.75) is 108 Å². The summed E-state index contributed by atoms with van der Waals surface area (Å²) < 4.78 is 69.7. The molecule has 1 aromatic heterocycles. The number of alkyl halides is 3. The topological polar surface area (TPSA) is 91.4 Å². The third-order valence-electron chi connectivity index (χ3n) is 6.94. The van der Waals surface area contributed by atoms with Gasteiger partial charge in [-0.25, -0.2) is 13.9 Å². The lowest BCUT2D eigenvalue weighted by atomic mass is 10.0. The highest BCUT2D eigenvalue weighted by molar-refractivity contribution is 7.84. The average Bonchev–Trinajstić information content (AvgIpc) is 3.58. The number of benzene rings is 1. The molecule has 222 valence electrons. The predicted octanol–water partition coefficient (Wildman–Crippen LogP) is 6.21. The molecule has 0 spiro atoms. The predicted molar refractivity (Wildman–Crippen MR) is 153 cm³/mol. The Labute approximate surface area is 234 Å². The Morgan fingerprint density at radius 3 is 2.36 bits per heavy atom. The number of hydrogen-bond donors (Lipinski definition) is 2. The summed E-state index contributed by atoms with van der Waals surface area (Å²) in [6.07, 6.45) is -2.38. The molecule has 12 heteroatoms. The number of imidazole rings is 1. The SMILES string of the molecule is CC(C)(C)S(=O)N[C@H](COC(C)(C)C(F)(F)F)c1nc2ccc([C@H](N)C3CC3)cc2n1COCC[Si](C)(C)C. The van der Waals surface area contributed by atoms with E-state index >= 15 is 0 Å². The van der Waals surface area contributed by atoms with Crippen molar-refractivity contribution < 1.29 is 26.9 Å². The van der Waals surface area contributed by atoms with E-state index in [0.717, 1.165) is 43.8 Å². The quantitative estimate of drug-likeness (QED) is 0.214. The van der Waals surface area contributed by atoms with Crippen molar-refractivity contribution in [2.24, 2.45) is 11.7 Å². The van der Waals surface area contributed by atoms with Crippen LogP contribution in [0.5, 0.6) is 0 Å². The van der Waals surface area contributed by atoms with Crippen molar-refractivity contribution in [3.63, 3.8) is 0 Å². The van der Waals surface area contributed by atoms with E-state index in [1.54, 1.807) is 20.8 Å². The van der Waals surface area contributed by atoms with Crippen LogP contribution in [0.4, 0.5) is 13.2 Å². The van der Waals surface area contributed by atoms with E-state index < -0.39 is 41.6 Å². The van der Waals surface area contributed by atoms with Crippen LogP contribution in [0.25, 0.3) is 11.0 Å². The van der Waals surface area contributed by atoms with Crippen LogP contribution < -0.4 is 10.5 Å². The Kier molecular flexibility index (Phi) is 9.82. The number of aromatic nitrogens is 2. The van der Waals surface area contributed by atoms with E-state index in [4.69, 9.17) is 20.2 Å². The van der Waals surface area contributed by atoms with Crippen molar-refractivity contribution in [1.29, 1.82) is 0 Å². The molecule has 1 aliphatic carbocycles. The number of fused-ring (bicyclic) bond motifs is 1. The van der Waals surface area contributed by atoms with Crippen molar-refractivity contribution in [1.82, 2.24) is 14.3 Å². The maximum atomic E-state index is 13.6. The van der Waals surface area contributed by atoms with Gasteiger partial charge in [-0.1, -0.05) is 25.7 Å². The molecule has 0 saturated heterocycles. The normalized spacial score (nSPS) is 17.9. The zero-order valence-corrected chi connectivity index (χ0v) is 26.3. The van der Waals surface area contributed by atoms with Crippen LogP contribution in [0.2, 0.25) is 25.7 Å². The molecule has 1 saturated carbocycles. The maximum Gasteiger partial charge on any atom is 0.416 e. The Morgan fingerprint density at radius 2 is 1.82 bits per heavy atom. The molecule has 1 fully saturated rings. The van der Waals surface area contributed by atoms with Gasteiger partial charge in [0.2, 0.25) is 0 Å². The molecule has 3 atom stereocenters. The zero-order valence-electron chi connectivity index (χ0n) is 24.4. The van der Waals surface area contributed by atoms with Gasteiger partial charge in [0.1, 0.15) is 18.6 Å². The number of nitrogens with zero attached hydrogens (tertiary/aromatic N) is 2. The maximum absolute atomic E-state index is 13.6. The van der Waals surface area contributed by atoms with Gasteiger partial charge in [-0.3, -0.25) is 0 Å². The van der Waals surface area contributed by atoms with E-state index in [1.807, 2.05) is 22.8 Å². The third-order valence-corrected chi connectivity index (χ3v) is 10.3. The molecule has 2 aromatic rings. The lowest BCUT2D eigenvalue weighted by molar-refractivity contribution is -0.265. The molecular weight excluding hydrogens is 545 g/mol. The number of ether oxygens (including phenoxy) is 2. The summed E-state index contributed by atoms with van der Waals surface area (Å²) in [4.78, 5) is 4.79. The van der Waals surface area contributed by atoms with Crippen LogP contribution in [0.3, 0.4) is 0 Å². The molecule has 0 amide bonds. The molecule has 0 bridgehead atoms. The van der Waals surface area contributed by atoms with Crippen molar-refractivity contribution in [2.75, 3.05) is 13.2 Å². The lowest BCUT2D eigenvalue weighted by Gasteiger charge is -2.31. The van der Waals surface area contributed by atoms with E-state index in [9.17, 15) is 17.4 Å². The Balaban J connectivity index is 2.03. The molecule has 1 heterocycles. The van der Waals surface area contributed by atoms with Crippen molar-refractivity contribution in [3.05, 3.63) is 29.6 Å². The van der Waals surface area contributed by atoms with E-state index in [1.165, 1.54) is 0 Å². The van der Waals surface area contributed by atoms with Gasteiger partial charge in [0.25, 0.3) is 0 Å². The van der Waals surface area contributed by atoms with Crippen LogP contribution in [-0.2, 0) is 27.2 Å². The van der Waals surface area contributed by atoms with Crippen molar-refractivity contribution in [3.8, 4) is 0 Å². The average molecular weight is 591 g/mol. The van der Waals surface area contributed by atoms with Gasteiger partial charge in [0.05, 0.1) is 33.4 Å². The Morgan fingerprint density at radius 1 is 1.18 bits per heavy atom. The lowest BCUT2D eigenvalue weighted by Crippen LogP contribution is -2.45. The first-order valence-electron chi connectivity index (χ1n) is 13.5. The molecular formula is C27H45F3N4O3SSi. The first-order chi connectivity index (χ1) is 17.8. The molecule has 1 aromatic carbocycles. The van der Waals surface area contributed by atoms with Crippen LogP contribution in [0.15, 0.2) is 18.2 Å². The molecule has 1 unspecified atom stereocenters. The summed E-state index contributed by atoms with van der Waals surface area (Å²) in [6, 6.07) is 5.82. The third kappa shape index (κ3) is 8.59. The highest BCUT2D eigenvalue weighted by Crippen LogP contribution is 2.40. The van der Waals surface area contributed by atoms with Crippen LogP contribution in [-0.4, -0.2) is 51.6 Å². The highest BCUT2D eigenvalue weighted by atomic mass is 32.2. The minimum absolute atomic E-state index is 0.0905. The summed E-state index contributed by atoms with van der Waals surface area (Å²) >= 11 is 0. The van der Waals surface area contributed by atoms with Crippen LogP contribution in [0.1, 0.15) is 70.9 Å². The second-order valence-electron chi connectivity index (χ2n) is 13.2. The van der Waals surface area contributed by atoms with Gasteiger partial charge in [-0.15, -0.1) is 0 Å². The van der Waals surface area contributed by atoms with E-state index in [2.05, 4.69) is 24.4 Å². The first kappa shape index (κ1) is 32.2. The van der Waals surface area contributed by atoms with Gasteiger partial charge >= 0.3 is 6.18 Å². The molecule has 3 N–H and O–H groups in total. The van der Waals surface area contributed by atoms with Gasteiger partial charge in [0, 0.05) is 20.7 Å². The summed E-state index contributed by atoms with van der Waals surface area (Å²) in [6.45, 7) is 14.5. The van der Waals surface area contributed by atoms with Gasteiger partial charge in [0.15, 0.2) is 5.60 Å². The fourth-order valence-electron chi connectivity index (χ4n) is 3.87. The second kappa shape index (κ2) is 11.9. The Bertz CT molecular complexity index is 1150. The molecule has 0 radical (unpaired) electrons. The van der Waals surface area contributed by atoms with Crippen molar-refractivity contribution >= 4 is 30.1 Å². The number of rotatable bonds is 13. The molecule has 3 rings (SSSR count). The van der Waals surface area contributed by atoms with Gasteiger partial charge < -0.3 is 19.8 Å². The van der Waals surface area contributed by atoms with E-state index in [-0.39, 0.29) is 19.4 Å². The zero-order chi connectivity index (χ0) is 29.4. The summed E-state index contributed by atoms with van der Waals surface area (Å²) in [5.74, 6) is 0.860. The van der Waals surface area contributed by atoms with Crippen LogP contribution in [0, 0.1) is 5.92 Å². The number of nitrogens with one attached hydrogen (secondary N) is 1. The fourth-order valence-corrected chi connectivity index (χ4v) is 5.41. The first-order valence-corrected chi connectivity index (χ1v) is 18.4. The minimum Gasteiger partial charge on any atom is -0.364 e. The molecule has 7 nitrogen and oxygen atoms in total. The summed E-state index contributed by atoms with van der Waals surface area (Å²) in [5.41, 5.74) is 6.51. The minimum atomic E-state index is -4.57. The molecule has 39 heavy (non-hydrogen) atoms. The summed E-state index contributed by atoms with van der Waals surface area (Å²) in [5, 5.41) is 0. The number of hydrogen-bond acceptors (Lipinski definition) is 5. The largest absolute Gasteiger partial charge is 0.416 e. The molecule has 1 aliphatic rings. The monoisotopic (exact) mass is 590 g/mol.